The van der Waals surface area contributed by atoms with Gasteiger partial charge in [0.05, 0.1) is 18.5 Å². The fourth-order valence-corrected chi connectivity index (χ4v) is 5.31. The highest BCUT2D eigenvalue weighted by molar-refractivity contribution is 6.31. The largest absolute Gasteiger partial charge is 0.367 e. The van der Waals surface area contributed by atoms with Gasteiger partial charge in [-0.3, -0.25) is 14.5 Å². The maximum Gasteiger partial charge on any atom is 0.235 e. The van der Waals surface area contributed by atoms with Crippen LogP contribution in [0.3, 0.4) is 0 Å². The van der Waals surface area contributed by atoms with Crippen molar-refractivity contribution in [2.75, 3.05) is 12.0 Å². The number of imide groups is 1. The van der Waals surface area contributed by atoms with E-state index in [4.69, 9.17) is 11.6 Å². The molecule has 2 amide bonds. The maximum atomic E-state index is 12.9. The number of amides is 2. The second kappa shape index (κ2) is 4.85. The molecule has 24 heavy (non-hydrogen) atoms. The Labute approximate surface area is 145 Å². The predicted molar refractivity (Wildman–Crippen MR) is 91.2 cm³/mol. The molecule has 1 aromatic rings. The smallest absolute Gasteiger partial charge is 0.235 e. The van der Waals surface area contributed by atoms with Crippen LogP contribution in [0.4, 0.5) is 5.69 Å². The van der Waals surface area contributed by atoms with E-state index < -0.39 is 0 Å². The Hall–Kier alpha value is -1.81. The van der Waals surface area contributed by atoms with Gasteiger partial charge in [-0.25, -0.2) is 0 Å². The van der Waals surface area contributed by atoms with Crippen LogP contribution in [-0.4, -0.2) is 23.4 Å². The van der Waals surface area contributed by atoms with Crippen LogP contribution in [0.5, 0.6) is 0 Å². The zero-order chi connectivity index (χ0) is 16.6. The summed E-state index contributed by atoms with van der Waals surface area (Å²) in [6, 6.07) is 5.61. The Morgan fingerprint density at radius 1 is 1.12 bits per heavy atom. The lowest BCUT2D eigenvalue weighted by molar-refractivity contribution is -0.139. The summed E-state index contributed by atoms with van der Waals surface area (Å²) < 4.78 is 0. The van der Waals surface area contributed by atoms with Gasteiger partial charge in [0.1, 0.15) is 0 Å². The minimum absolute atomic E-state index is 0.00174. The molecule has 1 aromatic carbocycles. The number of rotatable bonds is 3. The summed E-state index contributed by atoms with van der Waals surface area (Å²) in [6.07, 6.45) is 5.59. The minimum Gasteiger partial charge on any atom is -0.367 e. The number of halogens is 1. The van der Waals surface area contributed by atoms with E-state index in [0.29, 0.717) is 16.9 Å². The average Bonchev–Trinajstić information content (AvgIpc) is 3.35. The van der Waals surface area contributed by atoms with Crippen molar-refractivity contribution in [2.45, 2.75) is 13.3 Å². The van der Waals surface area contributed by atoms with E-state index >= 15 is 0 Å². The van der Waals surface area contributed by atoms with Gasteiger partial charge in [0, 0.05) is 10.7 Å². The summed E-state index contributed by atoms with van der Waals surface area (Å²) in [7, 11) is 0. The molecule has 0 spiro atoms. The van der Waals surface area contributed by atoms with Crippen molar-refractivity contribution >= 4 is 29.1 Å². The molecule has 1 saturated heterocycles. The summed E-state index contributed by atoms with van der Waals surface area (Å²) in [5.41, 5.74) is 1.79. The van der Waals surface area contributed by atoms with Crippen LogP contribution in [0.1, 0.15) is 12.0 Å². The van der Waals surface area contributed by atoms with E-state index in [9.17, 15) is 9.59 Å². The molecule has 5 aliphatic rings. The van der Waals surface area contributed by atoms with Crippen LogP contribution in [0.15, 0.2) is 30.4 Å². The van der Waals surface area contributed by atoms with Gasteiger partial charge in [0.2, 0.25) is 11.8 Å². The molecule has 2 bridgehead atoms. The van der Waals surface area contributed by atoms with Gasteiger partial charge in [-0.2, -0.15) is 0 Å². The second-order valence-corrected chi connectivity index (χ2v) is 7.91. The highest BCUT2D eigenvalue weighted by Crippen LogP contribution is 2.65. The van der Waals surface area contributed by atoms with Crippen molar-refractivity contribution in [2.24, 2.45) is 35.5 Å². The van der Waals surface area contributed by atoms with Crippen LogP contribution in [0, 0.1) is 42.4 Å². The molecule has 0 radical (unpaired) electrons. The summed E-state index contributed by atoms with van der Waals surface area (Å²) >= 11 is 6.14. The molecule has 1 N–H and O–H groups in total. The standard InChI is InChI=1S/C19H19ClN2O2/c1-9-14(20)3-2-4-15(9)21-8-22-18(23)16-10-5-6-11(13-7-12(10)13)17(16)19(22)24/h2-6,10-13,16-17,21H,7-8H2,1H3/t10-,11-,12-,13+,16-,17+/m1/s1. The predicted octanol–water partition coefficient (Wildman–Crippen LogP) is 3.07. The van der Waals surface area contributed by atoms with Gasteiger partial charge < -0.3 is 5.32 Å². The number of carbonyl (C=O) groups is 2. The number of benzene rings is 1. The first-order chi connectivity index (χ1) is 11.6. The van der Waals surface area contributed by atoms with E-state index in [1.54, 1.807) is 0 Å². The molecule has 2 saturated carbocycles. The topological polar surface area (TPSA) is 49.4 Å². The molecule has 0 unspecified atom stereocenters. The van der Waals surface area contributed by atoms with Crippen molar-refractivity contribution in [1.82, 2.24) is 4.90 Å². The third-order valence-corrected chi connectivity index (χ3v) is 6.86. The lowest BCUT2D eigenvalue weighted by Gasteiger charge is -2.37. The quantitative estimate of drug-likeness (QED) is 0.678. The number of anilines is 1. The van der Waals surface area contributed by atoms with Crippen molar-refractivity contribution in [3.63, 3.8) is 0 Å². The Morgan fingerprint density at radius 3 is 2.38 bits per heavy atom. The molecule has 4 aliphatic carbocycles. The van der Waals surface area contributed by atoms with Gasteiger partial charge in [-0.15, -0.1) is 0 Å². The monoisotopic (exact) mass is 342 g/mol. The highest BCUT2D eigenvalue weighted by atomic mass is 35.5. The van der Waals surface area contributed by atoms with Crippen molar-refractivity contribution in [1.29, 1.82) is 0 Å². The van der Waals surface area contributed by atoms with Crippen LogP contribution < -0.4 is 5.32 Å². The summed E-state index contributed by atoms with van der Waals surface area (Å²) in [5.74, 6) is 1.58. The van der Waals surface area contributed by atoms with Crippen LogP contribution in [-0.2, 0) is 9.59 Å². The normalized spacial score (nSPS) is 38.3. The van der Waals surface area contributed by atoms with Crippen molar-refractivity contribution < 1.29 is 9.59 Å². The average molecular weight is 343 g/mol. The first-order valence-corrected chi connectivity index (χ1v) is 8.98. The Morgan fingerprint density at radius 2 is 1.75 bits per heavy atom. The number of allylic oxidation sites excluding steroid dienone is 2. The van der Waals surface area contributed by atoms with E-state index in [0.717, 1.165) is 11.3 Å². The SMILES string of the molecule is Cc1c(Cl)cccc1NCN1C(=O)[C@@H]2[C@@H]3C=C[C@H]([C@@H]4C[C@H]34)[C@@H]2C1=O. The Kier molecular flexibility index (Phi) is 2.94. The molecule has 4 nitrogen and oxygen atoms in total. The molecule has 0 aromatic heterocycles. The van der Waals surface area contributed by atoms with E-state index in [2.05, 4.69) is 17.5 Å². The molecule has 6 atom stereocenters. The molecule has 1 aliphatic heterocycles. The van der Waals surface area contributed by atoms with Gasteiger partial charge in [-0.05, 0) is 54.7 Å². The fraction of sp³-hybridized carbons (Fsp3) is 0.474. The second-order valence-electron chi connectivity index (χ2n) is 7.51. The molecule has 3 fully saturated rings. The van der Waals surface area contributed by atoms with Crippen LogP contribution >= 0.6 is 11.6 Å². The molecular weight excluding hydrogens is 324 g/mol. The molecule has 124 valence electrons. The first-order valence-electron chi connectivity index (χ1n) is 8.60. The third kappa shape index (κ3) is 1.80. The Balaban J connectivity index is 1.38. The van der Waals surface area contributed by atoms with Crippen molar-refractivity contribution in [3.05, 3.63) is 40.9 Å². The number of hydrogen-bond donors (Lipinski definition) is 1. The van der Waals surface area contributed by atoms with Gasteiger partial charge in [0.25, 0.3) is 0 Å². The fourth-order valence-electron chi connectivity index (χ4n) is 5.14. The van der Waals surface area contributed by atoms with E-state index in [1.165, 1.54) is 11.3 Å². The van der Waals surface area contributed by atoms with Gasteiger partial charge in [-0.1, -0.05) is 29.8 Å². The molecular formula is C19H19ClN2O2. The third-order valence-electron chi connectivity index (χ3n) is 6.45. The number of nitrogens with one attached hydrogen (secondary N) is 1. The van der Waals surface area contributed by atoms with E-state index in [1.807, 2.05) is 25.1 Å². The lowest BCUT2D eigenvalue weighted by Crippen LogP contribution is -2.40. The first kappa shape index (κ1) is 14.5. The van der Waals surface area contributed by atoms with Gasteiger partial charge in [0.15, 0.2) is 0 Å². The van der Waals surface area contributed by atoms with Gasteiger partial charge >= 0.3 is 0 Å². The number of likely N-dealkylation sites (tertiary alicyclic amines) is 1. The zero-order valence-corrected chi connectivity index (χ0v) is 14.2. The zero-order valence-electron chi connectivity index (χ0n) is 13.4. The molecule has 6 rings (SSSR count). The number of nitrogens with zero attached hydrogens (tertiary/aromatic N) is 1. The van der Waals surface area contributed by atoms with Crippen LogP contribution in [0.2, 0.25) is 5.02 Å². The summed E-state index contributed by atoms with van der Waals surface area (Å²) in [6.45, 7) is 2.15. The molecule has 1 heterocycles. The lowest BCUT2D eigenvalue weighted by atomic mass is 9.63. The molecule has 5 heteroatoms. The summed E-state index contributed by atoms with van der Waals surface area (Å²) in [4.78, 5) is 27.2. The summed E-state index contributed by atoms with van der Waals surface area (Å²) in [5, 5.41) is 3.89. The number of carbonyl (C=O) groups excluding carboxylic acids is 2. The van der Waals surface area contributed by atoms with Crippen molar-refractivity contribution in [3.8, 4) is 0 Å². The van der Waals surface area contributed by atoms with E-state index in [-0.39, 0.29) is 42.2 Å². The minimum atomic E-state index is -0.126. The maximum absolute atomic E-state index is 12.9. The highest BCUT2D eigenvalue weighted by Gasteiger charge is 2.66. The van der Waals surface area contributed by atoms with Crippen LogP contribution in [0.25, 0.3) is 0 Å². The number of hydrogen-bond acceptors (Lipinski definition) is 3. The Bertz CT molecular complexity index is 754.